The van der Waals surface area contributed by atoms with E-state index in [0.717, 1.165) is 12.5 Å². The van der Waals surface area contributed by atoms with Crippen LogP contribution in [0.1, 0.15) is 26.3 Å². The molecule has 154 valence electrons. The monoisotopic (exact) mass is 396 g/mol. The topological polar surface area (TPSA) is 118 Å². The molecule has 1 saturated heterocycles. The third kappa shape index (κ3) is 6.01. The van der Waals surface area contributed by atoms with Crippen LogP contribution in [0.3, 0.4) is 0 Å². The molecule has 28 heavy (non-hydrogen) atoms. The van der Waals surface area contributed by atoms with Gasteiger partial charge in [0.05, 0.1) is 13.2 Å². The van der Waals surface area contributed by atoms with Crippen LogP contribution in [0.5, 0.6) is 0 Å². The third-order valence-corrected chi connectivity index (χ3v) is 3.93. The second kappa shape index (κ2) is 10.2. The summed E-state index contributed by atoms with van der Waals surface area (Å²) >= 11 is 0. The van der Waals surface area contributed by atoms with Crippen molar-refractivity contribution in [1.29, 1.82) is 0 Å². The van der Waals surface area contributed by atoms with Gasteiger partial charge in [-0.25, -0.2) is 0 Å². The van der Waals surface area contributed by atoms with Crippen molar-refractivity contribution in [1.82, 2.24) is 0 Å². The van der Waals surface area contributed by atoms with E-state index in [4.69, 9.17) is 23.7 Å². The smallest absolute Gasteiger partial charge is 0.303 e. The Morgan fingerprint density at radius 1 is 0.893 bits per heavy atom. The summed E-state index contributed by atoms with van der Waals surface area (Å²) in [5.41, 5.74) is 0.833. The van der Waals surface area contributed by atoms with Gasteiger partial charge in [-0.05, 0) is 5.56 Å². The fraction of sp³-hybridized carbons (Fsp3) is 0.526. The molecule has 0 aliphatic carbocycles. The Labute approximate surface area is 162 Å². The van der Waals surface area contributed by atoms with E-state index < -0.39 is 55.2 Å². The lowest BCUT2D eigenvalue weighted by Crippen LogP contribution is -2.62. The minimum Gasteiger partial charge on any atom is -0.456 e. The molecule has 0 radical (unpaired) electrons. The first-order chi connectivity index (χ1) is 13.3. The van der Waals surface area contributed by atoms with Crippen molar-refractivity contribution in [2.45, 2.75) is 58.1 Å². The Hall–Kier alpha value is -2.49. The van der Waals surface area contributed by atoms with Gasteiger partial charge in [0, 0.05) is 20.8 Å². The van der Waals surface area contributed by atoms with E-state index >= 15 is 0 Å². The summed E-state index contributed by atoms with van der Waals surface area (Å²) in [5, 5.41) is 9.68. The Kier molecular flexibility index (Phi) is 7.91. The van der Waals surface area contributed by atoms with E-state index in [1.165, 1.54) is 13.8 Å². The van der Waals surface area contributed by atoms with E-state index in [1.807, 2.05) is 30.3 Å². The molecule has 1 N–H and O–H groups in total. The third-order valence-electron chi connectivity index (χ3n) is 3.93. The quantitative estimate of drug-likeness (QED) is 0.525. The van der Waals surface area contributed by atoms with Crippen LogP contribution < -0.4 is 0 Å². The molecule has 1 heterocycles. The first-order valence-corrected chi connectivity index (χ1v) is 8.75. The van der Waals surface area contributed by atoms with Crippen LogP contribution in [-0.4, -0.2) is 60.3 Å². The van der Waals surface area contributed by atoms with Gasteiger partial charge in [-0.3, -0.25) is 14.4 Å². The Morgan fingerprint density at radius 2 is 1.43 bits per heavy atom. The molecule has 0 aromatic heterocycles. The summed E-state index contributed by atoms with van der Waals surface area (Å²) in [6.45, 7) is 3.09. The minimum atomic E-state index is -1.21. The Balaban J connectivity index is 2.29. The summed E-state index contributed by atoms with van der Waals surface area (Å²) in [6, 6.07) is 9.18. The molecule has 5 unspecified atom stereocenters. The molecule has 0 bridgehead atoms. The van der Waals surface area contributed by atoms with Crippen LogP contribution >= 0.6 is 0 Å². The van der Waals surface area contributed by atoms with Gasteiger partial charge < -0.3 is 28.8 Å². The average Bonchev–Trinajstić information content (AvgIpc) is 2.63. The zero-order valence-electron chi connectivity index (χ0n) is 15.9. The van der Waals surface area contributed by atoms with Crippen molar-refractivity contribution in [3.05, 3.63) is 35.9 Å². The first-order valence-electron chi connectivity index (χ1n) is 8.75. The van der Waals surface area contributed by atoms with Gasteiger partial charge in [0.1, 0.15) is 6.10 Å². The number of benzene rings is 1. The maximum Gasteiger partial charge on any atom is 0.303 e. The molecule has 9 heteroatoms. The number of hydrogen-bond donors (Lipinski definition) is 1. The van der Waals surface area contributed by atoms with E-state index in [0.29, 0.717) is 0 Å². The summed E-state index contributed by atoms with van der Waals surface area (Å²) in [7, 11) is 0. The van der Waals surface area contributed by atoms with Crippen LogP contribution in [0.15, 0.2) is 30.3 Å². The number of rotatable bonds is 7. The molecule has 1 aliphatic rings. The first kappa shape index (κ1) is 21.8. The SMILES string of the molecule is CC(=O)OC1C(CO)OC(OCc2ccccc2)C(OC(C)=O)C1OC(C)=O. The molecule has 1 aliphatic heterocycles. The highest BCUT2D eigenvalue weighted by atomic mass is 16.7. The molecule has 1 aromatic rings. The zero-order chi connectivity index (χ0) is 20.7. The maximum atomic E-state index is 11.6. The summed E-state index contributed by atoms with van der Waals surface area (Å²) < 4.78 is 27.1. The van der Waals surface area contributed by atoms with E-state index in [1.54, 1.807) is 0 Å². The van der Waals surface area contributed by atoms with Crippen LogP contribution in [-0.2, 0) is 44.7 Å². The lowest BCUT2D eigenvalue weighted by molar-refractivity contribution is -0.310. The van der Waals surface area contributed by atoms with Gasteiger partial charge in [-0.1, -0.05) is 30.3 Å². The molecule has 2 rings (SSSR count). The number of esters is 3. The van der Waals surface area contributed by atoms with Crippen molar-refractivity contribution >= 4 is 17.9 Å². The summed E-state index contributed by atoms with van der Waals surface area (Å²) in [5.74, 6) is -2.02. The lowest BCUT2D eigenvalue weighted by atomic mass is 9.98. The Morgan fingerprint density at radius 3 is 1.96 bits per heavy atom. The number of aliphatic hydroxyl groups excluding tert-OH is 1. The molecular weight excluding hydrogens is 372 g/mol. The van der Waals surface area contributed by atoms with Crippen molar-refractivity contribution in [3.63, 3.8) is 0 Å². The van der Waals surface area contributed by atoms with Crippen molar-refractivity contribution in [2.75, 3.05) is 6.61 Å². The highest BCUT2D eigenvalue weighted by molar-refractivity contribution is 5.68. The van der Waals surface area contributed by atoms with Crippen LogP contribution in [0.25, 0.3) is 0 Å². The molecule has 1 aromatic carbocycles. The van der Waals surface area contributed by atoms with Crippen molar-refractivity contribution in [3.8, 4) is 0 Å². The maximum absolute atomic E-state index is 11.6. The number of ether oxygens (including phenoxy) is 5. The number of aliphatic hydroxyl groups is 1. The molecule has 5 atom stereocenters. The normalized spacial score (nSPS) is 26.9. The Bertz CT molecular complexity index is 675. The number of carbonyl (C=O) groups excluding carboxylic acids is 3. The van der Waals surface area contributed by atoms with Crippen LogP contribution in [0.4, 0.5) is 0 Å². The standard InChI is InChI=1S/C19H24O9/c1-11(21)25-16-15(9-20)28-19(24-10-14-7-5-4-6-8-14)18(27-13(3)23)17(16)26-12(2)22/h4-8,15-20H,9-10H2,1-3H3. The van der Waals surface area contributed by atoms with E-state index in [9.17, 15) is 19.5 Å². The van der Waals surface area contributed by atoms with Crippen LogP contribution in [0.2, 0.25) is 0 Å². The molecule has 9 nitrogen and oxygen atoms in total. The van der Waals surface area contributed by atoms with Gasteiger partial charge in [-0.2, -0.15) is 0 Å². The largest absolute Gasteiger partial charge is 0.456 e. The number of carbonyl (C=O) groups is 3. The fourth-order valence-electron chi connectivity index (χ4n) is 2.89. The van der Waals surface area contributed by atoms with E-state index in [-0.39, 0.29) is 6.61 Å². The number of hydrogen-bond acceptors (Lipinski definition) is 9. The summed E-state index contributed by atoms with van der Waals surface area (Å²) in [4.78, 5) is 34.7. The highest BCUT2D eigenvalue weighted by Gasteiger charge is 2.52. The predicted molar refractivity (Wildman–Crippen MR) is 93.6 cm³/mol. The molecular formula is C19H24O9. The average molecular weight is 396 g/mol. The van der Waals surface area contributed by atoms with Crippen LogP contribution in [0, 0.1) is 0 Å². The summed E-state index contributed by atoms with van der Waals surface area (Å²) in [6.07, 6.45) is -5.78. The van der Waals surface area contributed by atoms with Crippen molar-refractivity contribution < 1.29 is 43.2 Å². The van der Waals surface area contributed by atoms with Gasteiger partial charge in [0.2, 0.25) is 0 Å². The molecule has 0 spiro atoms. The molecule has 1 fully saturated rings. The fourth-order valence-corrected chi connectivity index (χ4v) is 2.89. The minimum absolute atomic E-state index is 0.118. The van der Waals surface area contributed by atoms with Gasteiger partial charge in [0.15, 0.2) is 24.6 Å². The molecule has 0 amide bonds. The van der Waals surface area contributed by atoms with Gasteiger partial charge in [0.25, 0.3) is 0 Å². The van der Waals surface area contributed by atoms with Gasteiger partial charge in [-0.15, -0.1) is 0 Å². The second-order valence-corrected chi connectivity index (χ2v) is 6.24. The van der Waals surface area contributed by atoms with E-state index in [2.05, 4.69) is 0 Å². The predicted octanol–water partition coefficient (Wildman–Crippen LogP) is 0.715. The second-order valence-electron chi connectivity index (χ2n) is 6.24. The van der Waals surface area contributed by atoms with Gasteiger partial charge >= 0.3 is 17.9 Å². The molecule has 0 saturated carbocycles. The zero-order valence-corrected chi connectivity index (χ0v) is 15.9. The highest BCUT2D eigenvalue weighted by Crippen LogP contribution is 2.30. The van der Waals surface area contributed by atoms with Crippen molar-refractivity contribution in [2.24, 2.45) is 0 Å². The lowest BCUT2D eigenvalue weighted by Gasteiger charge is -2.43.